The van der Waals surface area contributed by atoms with Gasteiger partial charge in [0.15, 0.2) is 6.61 Å². The number of Topliss-reactive ketones (excluding diaryl/α,β-unsaturated/α-hetero) is 1. The lowest BCUT2D eigenvalue weighted by Gasteiger charge is -2.07. The molecule has 0 atom stereocenters. The summed E-state index contributed by atoms with van der Waals surface area (Å²) in [5.41, 5.74) is 4.03. The number of carbonyl (C=O) groups is 3. The van der Waals surface area contributed by atoms with Gasteiger partial charge >= 0.3 is 11.9 Å². The maximum Gasteiger partial charge on any atom is 0.339 e. The molecular weight excluding hydrogens is 422 g/mol. The monoisotopic (exact) mass is 443 g/mol. The highest BCUT2D eigenvalue weighted by atomic mass is 35.5. The quantitative estimate of drug-likeness (QED) is 0.457. The minimum Gasteiger partial charge on any atom is -0.465 e. The highest BCUT2D eigenvalue weighted by Gasteiger charge is 2.23. The number of ketones is 1. The zero-order valence-electron chi connectivity index (χ0n) is 17.8. The summed E-state index contributed by atoms with van der Waals surface area (Å²) in [6.07, 6.45) is 0. The molecule has 0 unspecified atom stereocenters. The van der Waals surface area contributed by atoms with Crippen LogP contribution in [0.5, 0.6) is 0 Å². The first-order chi connectivity index (χ1) is 14.6. The number of methoxy groups -OCH3 is 1. The summed E-state index contributed by atoms with van der Waals surface area (Å²) in [5, 5.41) is 4.96. The van der Waals surface area contributed by atoms with Crippen molar-refractivity contribution in [1.29, 1.82) is 0 Å². The van der Waals surface area contributed by atoms with Gasteiger partial charge in [0.05, 0.1) is 46.0 Å². The third-order valence-corrected chi connectivity index (χ3v) is 5.54. The van der Waals surface area contributed by atoms with Gasteiger partial charge < -0.3 is 14.5 Å². The summed E-state index contributed by atoms with van der Waals surface area (Å²) in [4.78, 5) is 39.6. The topological polar surface area (TPSA) is 103 Å². The van der Waals surface area contributed by atoms with Crippen LogP contribution in [0.1, 0.15) is 53.8 Å². The van der Waals surface area contributed by atoms with Crippen LogP contribution in [0.3, 0.4) is 0 Å². The second-order valence-corrected chi connectivity index (χ2v) is 7.44. The minimum absolute atomic E-state index is 0.211. The fourth-order valence-corrected chi connectivity index (χ4v) is 3.46. The number of carbonyl (C=O) groups excluding carboxylic acids is 3. The van der Waals surface area contributed by atoms with Gasteiger partial charge in [-0.25, -0.2) is 14.3 Å². The Morgan fingerprint density at radius 1 is 1.06 bits per heavy atom. The molecule has 0 aliphatic rings. The molecule has 3 aromatic rings. The molecule has 0 aliphatic heterocycles. The second-order valence-electron chi connectivity index (χ2n) is 7.06. The van der Waals surface area contributed by atoms with Gasteiger partial charge in [0.1, 0.15) is 0 Å². The summed E-state index contributed by atoms with van der Waals surface area (Å²) < 4.78 is 11.6. The number of esters is 2. The zero-order chi connectivity index (χ0) is 22.9. The first-order valence-corrected chi connectivity index (χ1v) is 9.83. The van der Waals surface area contributed by atoms with Crippen molar-refractivity contribution in [3.8, 4) is 5.69 Å². The molecule has 2 aromatic heterocycles. The molecule has 0 spiro atoms. The molecule has 3 rings (SSSR count). The Kier molecular flexibility index (Phi) is 6.31. The van der Waals surface area contributed by atoms with Gasteiger partial charge in [-0.3, -0.25) is 4.79 Å². The molecule has 31 heavy (non-hydrogen) atoms. The number of hydrogen-bond donors (Lipinski definition) is 1. The van der Waals surface area contributed by atoms with Gasteiger partial charge in [0.2, 0.25) is 5.78 Å². The lowest BCUT2D eigenvalue weighted by molar-refractivity contribution is 0.0473. The number of aromatic nitrogens is 3. The summed E-state index contributed by atoms with van der Waals surface area (Å²) in [7, 11) is 1.27. The van der Waals surface area contributed by atoms with Crippen molar-refractivity contribution in [3.05, 3.63) is 68.8 Å². The lowest BCUT2D eigenvalue weighted by atomic mass is 10.1. The van der Waals surface area contributed by atoms with E-state index >= 15 is 0 Å². The van der Waals surface area contributed by atoms with E-state index in [0.717, 1.165) is 11.4 Å². The van der Waals surface area contributed by atoms with E-state index in [-0.39, 0.29) is 5.69 Å². The van der Waals surface area contributed by atoms with Gasteiger partial charge in [0.25, 0.3) is 0 Å². The molecule has 1 N–H and O–H groups in total. The van der Waals surface area contributed by atoms with Crippen LogP contribution in [0.25, 0.3) is 5.69 Å². The fraction of sp³-hybridized carbons (Fsp3) is 0.273. The molecular formula is C22H22ClN3O5. The van der Waals surface area contributed by atoms with E-state index in [1.807, 2.05) is 13.8 Å². The van der Waals surface area contributed by atoms with E-state index in [1.54, 1.807) is 42.8 Å². The number of halogens is 1. The average molecular weight is 444 g/mol. The summed E-state index contributed by atoms with van der Waals surface area (Å²) in [5.74, 6) is -1.62. The van der Waals surface area contributed by atoms with Crippen molar-refractivity contribution >= 4 is 29.3 Å². The lowest BCUT2D eigenvalue weighted by Crippen LogP contribution is -2.15. The van der Waals surface area contributed by atoms with Crippen LogP contribution >= 0.6 is 11.6 Å². The van der Waals surface area contributed by atoms with E-state index in [0.29, 0.717) is 33.1 Å². The van der Waals surface area contributed by atoms with Crippen molar-refractivity contribution in [2.45, 2.75) is 27.7 Å². The Hall–Kier alpha value is -3.39. The van der Waals surface area contributed by atoms with Gasteiger partial charge in [-0.05, 0) is 57.5 Å². The maximum atomic E-state index is 12.5. The molecule has 0 aliphatic carbocycles. The maximum absolute atomic E-state index is 12.5. The smallest absolute Gasteiger partial charge is 0.339 e. The molecule has 0 bridgehead atoms. The Morgan fingerprint density at radius 2 is 1.71 bits per heavy atom. The number of H-pyrrole nitrogens is 1. The SMILES string of the molecule is COC(=O)c1c(C)[nH]c(C(=O)COC(=O)c2ccc(-n3nc(C)c(Cl)c3C)cc2)c1C. The van der Waals surface area contributed by atoms with E-state index in [1.165, 1.54) is 7.11 Å². The Bertz CT molecular complexity index is 1170. The molecule has 0 saturated carbocycles. The molecule has 2 heterocycles. The first-order valence-electron chi connectivity index (χ1n) is 9.45. The summed E-state index contributed by atoms with van der Waals surface area (Å²) in [6, 6.07) is 6.61. The highest BCUT2D eigenvalue weighted by Crippen LogP contribution is 2.23. The molecule has 9 heteroatoms. The van der Waals surface area contributed by atoms with Crippen LogP contribution in [0.15, 0.2) is 24.3 Å². The van der Waals surface area contributed by atoms with Crippen LogP contribution in [-0.2, 0) is 9.47 Å². The van der Waals surface area contributed by atoms with E-state index in [4.69, 9.17) is 21.1 Å². The standard InChI is InChI=1S/C22H22ClN3O5/c1-11-18(22(29)30-5)12(2)24-20(11)17(27)10-31-21(28)15-6-8-16(9-7-15)26-14(4)19(23)13(3)25-26/h6-9,24H,10H2,1-5H3. The van der Waals surface area contributed by atoms with Crippen LogP contribution < -0.4 is 0 Å². The van der Waals surface area contributed by atoms with Crippen molar-refractivity contribution in [1.82, 2.24) is 14.8 Å². The van der Waals surface area contributed by atoms with E-state index < -0.39 is 24.3 Å². The third kappa shape index (κ3) is 4.25. The third-order valence-electron chi connectivity index (χ3n) is 4.99. The van der Waals surface area contributed by atoms with Gasteiger partial charge in [0, 0.05) is 5.69 Å². The number of rotatable bonds is 6. The van der Waals surface area contributed by atoms with Crippen molar-refractivity contribution < 1.29 is 23.9 Å². The predicted molar refractivity (Wildman–Crippen MR) is 114 cm³/mol. The second kappa shape index (κ2) is 8.77. The number of ether oxygens (including phenoxy) is 2. The molecule has 0 fully saturated rings. The molecule has 0 saturated heterocycles. The Labute approximate surface area is 184 Å². The zero-order valence-corrected chi connectivity index (χ0v) is 18.6. The number of nitrogens with zero attached hydrogens (tertiary/aromatic N) is 2. The van der Waals surface area contributed by atoms with Gasteiger partial charge in [-0.2, -0.15) is 5.10 Å². The number of hydrogen-bond acceptors (Lipinski definition) is 6. The first kappa shape index (κ1) is 22.3. The summed E-state index contributed by atoms with van der Waals surface area (Å²) in [6.45, 7) is 6.51. The van der Waals surface area contributed by atoms with E-state index in [2.05, 4.69) is 10.1 Å². The van der Waals surface area contributed by atoms with Crippen LogP contribution in [0.2, 0.25) is 5.02 Å². The predicted octanol–water partition coefficient (Wildman–Crippen LogP) is 3.91. The molecule has 162 valence electrons. The normalized spacial score (nSPS) is 10.8. The fourth-order valence-electron chi connectivity index (χ4n) is 3.34. The van der Waals surface area contributed by atoms with Crippen LogP contribution in [0.4, 0.5) is 0 Å². The molecule has 0 radical (unpaired) electrons. The van der Waals surface area contributed by atoms with Gasteiger partial charge in [-0.1, -0.05) is 11.6 Å². The molecule has 8 nitrogen and oxygen atoms in total. The van der Waals surface area contributed by atoms with E-state index in [9.17, 15) is 14.4 Å². The summed E-state index contributed by atoms with van der Waals surface area (Å²) >= 11 is 6.18. The Morgan fingerprint density at radius 3 is 2.26 bits per heavy atom. The van der Waals surface area contributed by atoms with Gasteiger partial charge in [-0.15, -0.1) is 0 Å². The highest BCUT2D eigenvalue weighted by molar-refractivity contribution is 6.31. The van der Waals surface area contributed by atoms with Crippen LogP contribution in [0, 0.1) is 27.7 Å². The minimum atomic E-state index is -0.638. The Balaban J connectivity index is 1.69. The van der Waals surface area contributed by atoms with Crippen molar-refractivity contribution in [2.75, 3.05) is 13.7 Å². The van der Waals surface area contributed by atoms with Crippen molar-refractivity contribution in [2.24, 2.45) is 0 Å². The number of aromatic amines is 1. The average Bonchev–Trinajstić information content (AvgIpc) is 3.21. The number of benzene rings is 1. The van der Waals surface area contributed by atoms with Crippen LogP contribution in [-0.4, -0.2) is 46.2 Å². The molecule has 1 aromatic carbocycles. The molecule has 0 amide bonds. The van der Waals surface area contributed by atoms with Crippen molar-refractivity contribution in [3.63, 3.8) is 0 Å². The number of aryl methyl sites for hydroxylation is 2. The largest absolute Gasteiger partial charge is 0.465 e. The number of nitrogens with one attached hydrogen (secondary N) is 1.